The molecule has 0 fully saturated rings. The van der Waals surface area contributed by atoms with E-state index in [1.54, 1.807) is 0 Å². The van der Waals surface area contributed by atoms with E-state index in [1.165, 1.54) is 42.1 Å². The third-order valence-corrected chi connectivity index (χ3v) is 11.3. The summed E-state index contributed by atoms with van der Waals surface area (Å²) in [6.45, 7) is 0. The monoisotopic (exact) mass is 668 g/mol. The molecule has 0 unspecified atom stereocenters. The van der Waals surface area contributed by atoms with E-state index in [4.69, 9.17) is 9.40 Å². The Morgan fingerprint density at radius 1 is 0.412 bits per heavy atom. The van der Waals surface area contributed by atoms with Crippen molar-refractivity contribution in [1.29, 1.82) is 0 Å². The molecule has 11 rings (SSSR count). The number of fused-ring (bicyclic) bond motifs is 10. The molecule has 0 N–H and O–H groups in total. The summed E-state index contributed by atoms with van der Waals surface area (Å²) in [5, 5.41) is 7.25. The molecule has 4 heterocycles. The van der Waals surface area contributed by atoms with Crippen LogP contribution in [0.1, 0.15) is 0 Å². The lowest BCUT2D eigenvalue weighted by Gasteiger charge is -2.13. The molecular weight excluding hydrogens is 641 g/mol. The van der Waals surface area contributed by atoms with Gasteiger partial charge in [0, 0.05) is 52.8 Å². The quantitative estimate of drug-likeness (QED) is 0.187. The first-order valence-corrected chi connectivity index (χ1v) is 18.0. The van der Waals surface area contributed by atoms with Crippen molar-refractivity contribution < 1.29 is 4.42 Å². The first-order chi connectivity index (χ1) is 25.3. The van der Waals surface area contributed by atoms with E-state index in [2.05, 4.69) is 174 Å². The third-order valence-electron chi connectivity index (χ3n) is 10.2. The zero-order chi connectivity index (χ0) is 33.5. The van der Waals surface area contributed by atoms with Crippen molar-refractivity contribution in [2.24, 2.45) is 0 Å². The predicted octanol–water partition coefficient (Wildman–Crippen LogP) is 13.4. The Morgan fingerprint density at radius 3 is 1.90 bits per heavy atom. The first kappa shape index (κ1) is 28.4. The summed E-state index contributed by atoms with van der Waals surface area (Å²) in [6, 6.07) is 60.6. The van der Waals surface area contributed by atoms with Gasteiger partial charge in [0.25, 0.3) is 0 Å². The number of thiophene rings is 1. The zero-order valence-electron chi connectivity index (χ0n) is 27.4. The highest BCUT2D eigenvalue weighted by Crippen LogP contribution is 2.43. The smallest absolute Gasteiger partial charge is 0.136 e. The van der Waals surface area contributed by atoms with E-state index in [9.17, 15) is 0 Å². The minimum absolute atomic E-state index is 0.882. The van der Waals surface area contributed by atoms with E-state index in [0.29, 0.717) is 0 Å². The van der Waals surface area contributed by atoms with Gasteiger partial charge in [-0.25, -0.2) is 4.98 Å². The summed E-state index contributed by atoms with van der Waals surface area (Å²) in [5.74, 6) is 0. The second kappa shape index (κ2) is 11.0. The summed E-state index contributed by atoms with van der Waals surface area (Å²) in [5.41, 5.74) is 11.6. The number of pyridine rings is 1. The lowest BCUT2D eigenvalue weighted by Crippen LogP contribution is -1.98. The number of benzene rings is 7. The molecular formula is C47H28N2OS. The molecule has 0 spiro atoms. The van der Waals surface area contributed by atoms with E-state index in [0.717, 1.165) is 61.2 Å². The van der Waals surface area contributed by atoms with Crippen LogP contribution in [0.15, 0.2) is 174 Å². The average molecular weight is 669 g/mol. The van der Waals surface area contributed by atoms with Crippen LogP contribution in [0.5, 0.6) is 0 Å². The first-order valence-electron chi connectivity index (χ1n) is 17.2. The number of hydrogen-bond acceptors (Lipinski definition) is 3. The maximum atomic E-state index is 6.46. The number of para-hydroxylation sites is 1. The van der Waals surface area contributed by atoms with E-state index in [-0.39, 0.29) is 0 Å². The van der Waals surface area contributed by atoms with Gasteiger partial charge in [0.15, 0.2) is 0 Å². The van der Waals surface area contributed by atoms with Crippen LogP contribution in [-0.2, 0) is 0 Å². The van der Waals surface area contributed by atoms with E-state index >= 15 is 0 Å². The van der Waals surface area contributed by atoms with Gasteiger partial charge in [-0.05, 0) is 77.9 Å². The summed E-state index contributed by atoms with van der Waals surface area (Å²) in [6.07, 6.45) is 0. The van der Waals surface area contributed by atoms with Crippen LogP contribution >= 0.6 is 11.3 Å². The van der Waals surface area contributed by atoms with Gasteiger partial charge in [-0.15, -0.1) is 11.3 Å². The van der Waals surface area contributed by atoms with Crippen molar-refractivity contribution >= 4 is 75.3 Å². The highest BCUT2D eigenvalue weighted by Gasteiger charge is 2.19. The number of hydrogen-bond donors (Lipinski definition) is 0. The van der Waals surface area contributed by atoms with Gasteiger partial charge in [-0.1, -0.05) is 103 Å². The van der Waals surface area contributed by atoms with Gasteiger partial charge in [0.2, 0.25) is 0 Å². The molecule has 51 heavy (non-hydrogen) atoms. The lowest BCUT2D eigenvalue weighted by atomic mass is 10.0. The van der Waals surface area contributed by atoms with Crippen LogP contribution in [0.4, 0.5) is 0 Å². The SMILES string of the molecule is c1ccc(-c2ccc3c(c2)c2ccccc2n3-c2cc(-c3ccccc3)nc(-c3ccc4oc5ccc6sc7ccccc7c6c5c4c3)c2)cc1. The summed E-state index contributed by atoms with van der Waals surface area (Å²) in [7, 11) is 0. The summed E-state index contributed by atoms with van der Waals surface area (Å²) in [4.78, 5) is 5.33. The molecule has 11 aromatic rings. The Labute approximate surface area is 297 Å². The molecule has 0 bridgehead atoms. The van der Waals surface area contributed by atoms with Crippen LogP contribution in [0.3, 0.4) is 0 Å². The molecule has 7 aromatic carbocycles. The van der Waals surface area contributed by atoms with Gasteiger partial charge >= 0.3 is 0 Å². The van der Waals surface area contributed by atoms with Crippen molar-refractivity contribution in [3.8, 4) is 39.3 Å². The number of nitrogens with zero attached hydrogens (tertiary/aromatic N) is 2. The van der Waals surface area contributed by atoms with Crippen LogP contribution in [0.2, 0.25) is 0 Å². The minimum Gasteiger partial charge on any atom is -0.456 e. The molecule has 0 aliphatic rings. The second-order valence-electron chi connectivity index (χ2n) is 13.1. The van der Waals surface area contributed by atoms with E-state index in [1.807, 2.05) is 11.3 Å². The predicted molar refractivity (Wildman–Crippen MR) is 215 cm³/mol. The molecule has 0 amide bonds. The van der Waals surface area contributed by atoms with Crippen molar-refractivity contribution in [2.45, 2.75) is 0 Å². The fourth-order valence-electron chi connectivity index (χ4n) is 7.85. The summed E-state index contributed by atoms with van der Waals surface area (Å²) >= 11 is 1.83. The molecule has 238 valence electrons. The maximum absolute atomic E-state index is 6.46. The molecule has 0 atom stereocenters. The highest BCUT2D eigenvalue weighted by atomic mass is 32.1. The molecule has 0 saturated carbocycles. The van der Waals surface area contributed by atoms with Gasteiger partial charge in [-0.2, -0.15) is 0 Å². The Hall–Kier alpha value is -6.49. The Balaban J connectivity index is 1.17. The van der Waals surface area contributed by atoms with Gasteiger partial charge in [0.05, 0.1) is 28.1 Å². The van der Waals surface area contributed by atoms with Crippen LogP contribution < -0.4 is 0 Å². The lowest BCUT2D eigenvalue weighted by molar-refractivity contribution is 0.669. The Bertz CT molecular complexity index is 3130. The van der Waals surface area contributed by atoms with Crippen molar-refractivity contribution in [3.05, 3.63) is 170 Å². The normalized spacial score (nSPS) is 11.9. The second-order valence-corrected chi connectivity index (χ2v) is 14.2. The molecule has 4 heteroatoms. The number of aromatic nitrogens is 2. The Kier molecular flexibility index (Phi) is 6.12. The van der Waals surface area contributed by atoms with Gasteiger partial charge in [-0.3, -0.25) is 0 Å². The van der Waals surface area contributed by atoms with Crippen LogP contribution in [0, 0.1) is 0 Å². The largest absolute Gasteiger partial charge is 0.456 e. The highest BCUT2D eigenvalue weighted by molar-refractivity contribution is 7.26. The molecule has 4 aromatic heterocycles. The van der Waals surface area contributed by atoms with Gasteiger partial charge in [0.1, 0.15) is 11.2 Å². The van der Waals surface area contributed by atoms with Crippen molar-refractivity contribution in [2.75, 3.05) is 0 Å². The maximum Gasteiger partial charge on any atom is 0.136 e. The number of rotatable bonds is 4. The standard InChI is InChI=1S/C47H28N2OS/c1-3-11-29(12-4-1)31-19-21-41-36(25-31)34-15-7-9-17-40(34)49(41)33-27-38(30-13-5-2-6-14-30)48-39(28-33)32-20-22-42-37(26-32)46-43(50-42)23-24-45-47(46)35-16-8-10-18-44(35)51-45/h1-28H. The van der Waals surface area contributed by atoms with Crippen LogP contribution in [0.25, 0.3) is 103 Å². The minimum atomic E-state index is 0.882. The number of furan rings is 1. The summed E-state index contributed by atoms with van der Waals surface area (Å²) < 4.78 is 11.4. The fourth-order valence-corrected chi connectivity index (χ4v) is 8.97. The third kappa shape index (κ3) is 4.40. The molecule has 3 nitrogen and oxygen atoms in total. The molecule has 0 aliphatic heterocycles. The van der Waals surface area contributed by atoms with E-state index < -0.39 is 0 Å². The average Bonchev–Trinajstić information content (AvgIpc) is 3.87. The van der Waals surface area contributed by atoms with Crippen LogP contribution in [-0.4, -0.2) is 9.55 Å². The van der Waals surface area contributed by atoms with Crippen molar-refractivity contribution in [3.63, 3.8) is 0 Å². The molecule has 0 saturated heterocycles. The molecule has 0 aliphatic carbocycles. The Morgan fingerprint density at radius 2 is 1.06 bits per heavy atom. The fraction of sp³-hybridized carbons (Fsp3) is 0. The zero-order valence-corrected chi connectivity index (χ0v) is 28.2. The van der Waals surface area contributed by atoms with Gasteiger partial charge < -0.3 is 8.98 Å². The molecule has 0 radical (unpaired) electrons. The van der Waals surface area contributed by atoms with Crippen molar-refractivity contribution in [1.82, 2.24) is 9.55 Å². The topological polar surface area (TPSA) is 31.0 Å².